The van der Waals surface area contributed by atoms with Crippen LogP contribution in [0.1, 0.15) is 44.1 Å². The van der Waals surface area contributed by atoms with Crippen molar-refractivity contribution < 1.29 is 0 Å². The average Bonchev–Trinajstić information content (AvgIpc) is 3.19. The third kappa shape index (κ3) is 4.63. The van der Waals surface area contributed by atoms with Gasteiger partial charge in [-0.15, -0.1) is 0 Å². The lowest BCUT2D eigenvalue weighted by atomic mass is 10.1. The molecule has 1 aliphatic rings. The number of rotatable bonds is 8. The van der Waals surface area contributed by atoms with Crippen LogP contribution in [0.3, 0.4) is 0 Å². The molecule has 0 spiro atoms. The van der Waals surface area contributed by atoms with Crippen molar-refractivity contribution >= 4 is 11.2 Å². The first kappa shape index (κ1) is 23.0. The van der Waals surface area contributed by atoms with Gasteiger partial charge in [0.05, 0.1) is 12.6 Å². The van der Waals surface area contributed by atoms with E-state index < -0.39 is 5.69 Å². The molecule has 1 aromatic carbocycles. The number of benzene rings is 1. The summed E-state index contributed by atoms with van der Waals surface area (Å²) in [5.41, 5.74) is 1.18. The summed E-state index contributed by atoms with van der Waals surface area (Å²) in [6.45, 7) is 8.96. The predicted molar refractivity (Wildman–Crippen MR) is 127 cm³/mol. The van der Waals surface area contributed by atoms with Crippen LogP contribution < -0.4 is 11.2 Å². The Hall–Kier alpha value is -3.22. The first-order chi connectivity index (χ1) is 16.1. The van der Waals surface area contributed by atoms with Gasteiger partial charge in [-0.25, -0.2) is 9.78 Å². The van der Waals surface area contributed by atoms with E-state index in [2.05, 4.69) is 27.8 Å². The third-order valence-electron chi connectivity index (χ3n) is 6.39. The molecule has 0 bridgehead atoms. The smallest absolute Gasteiger partial charge is 0.321 e. The van der Waals surface area contributed by atoms with E-state index in [0.29, 0.717) is 30.8 Å². The van der Waals surface area contributed by atoms with Crippen LogP contribution in [0.15, 0.2) is 39.9 Å². The van der Waals surface area contributed by atoms with Crippen molar-refractivity contribution in [3.05, 3.63) is 62.6 Å². The molecule has 9 heteroatoms. The Labute approximate surface area is 192 Å². The minimum atomic E-state index is -0.398. The molecule has 1 saturated heterocycles. The van der Waals surface area contributed by atoms with Crippen LogP contribution in [-0.2, 0) is 19.6 Å². The second-order valence-corrected chi connectivity index (χ2v) is 8.46. The van der Waals surface area contributed by atoms with Crippen molar-refractivity contribution in [1.29, 1.82) is 5.26 Å². The lowest BCUT2D eigenvalue weighted by Gasteiger charge is -2.36. The van der Waals surface area contributed by atoms with Crippen molar-refractivity contribution in [3.8, 4) is 6.07 Å². The van der Waals surface area contributed by atoms with Crippen molar-refractivity contribution in [2.45, 2.75) is 52.4 Å². The standard InChI is InChI=1S/C24H31N7O2/c1-3-5-11-31-22-21(23(32)27-24(31)33)30(4-2)20(26-22)17-28-12-14-29(15-13-28)19(16-25)18-9-7-6-8-10-18/h6-10,19H,3-5,11-15,17H2,1-2H3,(H,27,32,33). The molecule has 3 heterocycles. The molecule has 2 aromatic heterocycles. The maximum Gasteiger partial charge on any atom is 0.330 e. The molecule has 4 rings (SSSR count). The second kappa shape index (κ2) is 10.1. The van der Waals surface area contributed by atoms with Gasteiger partial charge in [0.15, 0.2) is 11.2 Å². The number of piperazine rings is 1. The quantitative estimate of drug-likeness (QED) is 0.565. The normalized spacial score (nSPS) is 16.2. The number of aryl methyl sites for hydroxylation is 2. The SMILES string of the molecule is CCCCn1c(=O)[nH]c(=O)c2c1nc(CN1CCN(C(C#N)c3ccccc3)CC1)n2CC. The molecular formula is C24H31N7O2. The molecule has 0 aliphatic carbocycles. The Kier molecular flexibility index (Phi) is 7.06. The molecular weight excluding hydrogens is 418 g/mol. The zero-order valence-electron chi connectivity index (χ0n) is 19.3. The van der Waals surface area contributed by atoms with Crippen molar-refractivity contribution in [2.75, 3.05) is 26.2 Å². The number of nitrogens with one attached hydrogen (secondary N) is 1. The highest BCUT2D eigenvalue weighted by Crippen LogP contribution is 2.22. The molecule has 1 aliphatic heterocycles. The van der Waals surface area contributed by atoms with Gasteiger partial charge in [-0.2, -0.15) is 5.26 Å². The fourth-order valence-electron chi connectivity index (χ4n) is 4.58. The predicted octanol–water partition coefficient (Wildman–Crippen LogP) is 2.09. The summed E-state index contributed by atoms with van der Waals surface area (Å²) in [5.74, 6) is 0.794. The lowest BCUT2D eigenvalue weighted by molar-refractivity contribution is 0.107. The molecule has 0 saturated carbocycles. The summed E-state index contributed by atoms with van der Waals surface area (Å²) in [4.78, 5) is 36.8. The Bertz CT molecular complexity index is 1240. The van der Waals surface area contributed by atoms with Crippen LogP contribution >= 0.6 is 0 Å². The maximum atomic E-state index is 12.6. The van der Waals surface area contributed by atoms with Gasteiger partial charge in [0.2, 0.25) is 0 Å². The number of nitriles is 1. The molecule has 1 N–H and O–H groups in total. The van der Waals surface area contributed by atoms with Gasteiger partial charge in [-0.05, 0) is 18.9 Å². The van der Waals surface area contributed by atoms with Crippen LogP contribution in [0.25, 0.3) is 11.2 Å². The number of aromatic amines is 1. The molecule has 33 heavy (non-hydrogen) atoms. The third-order valence-corrected chi connectivity index (χ3v) is 6.39. The number of hydrogen-bond acceptors (Lipinski definition) is 6. The number of fused-ring (bicyclic) bond motifs is 1. The Balaban J connectivity index is 1.54. The number of nitrogens with zero attached hydrogens (tertiary/aromatic N) is 6. The number of aromatic nitrogens is 4. The minimum absolute atomic E-state index is 0.250. The van der Waals surface area contributed by atoms with E-state index in [4.69, 9.17) is 4.98 Å². The summed E-state index contributed by atoms with van der Waals surface area (Å²) in [6.07, 6.45) is 1.80. The van der Waals surface area contributed by atoms with Crippen molar-refractivity contribution in [1.82, 2.24) is 28.9 Å². The van der Waals surface area contributed by atoms with E-state index in [9.17, 15) is 14.9 Å². The fourth-order valence-corrected chi connectivity index (χ4v) is 4.58. The van der Waals surface area contributed by atoms with Gasteiger partial charge < -0.3 is 4.57 Å². The summed E-state index contributed by atoms with van der Waals surface area (Å²) < 4.78 is 3.51. The highest BCUT2D eigenvalue weighted by atomic mass is 16.2. The van der Waals surface area contributed by atoms with Gasteiger partial charge >= 0.3 is 5.69 Å². The highest BCUT2D eigenvalue weighted by molar-refractivity contribution is 5.71. The van der Waals surface area contributed by atoms with Crippen LogP contribution in [0.4, 0.5) is 0 Å². The number of hydrogen-bond donors (Lipinski definition) is 1. The van der Waals surface area contributed by atoms with E-state index in [1.807, 2.05) is 41.8 Å². The minimum Gasteiger partial charge on any atom is -0.321 e. The van der Waals surface area contributed by atoms with Gasteiger partial charge in [0.25, 0.3) is 5.56 Å². The summed E-state index contributed by atoms with van der Waals surface area (Å²) in [7, 11) is 0. The first-order valence-electron chi connectivity index (χ1n) is 11.7. The monoisotopic (exact) mass is 449 g/mol. The molecule has 1 atom stereocenters. The van der Waals surface area contributed by atoms with Gasteiger partial charge in [0.1, 0.15) is 11.9 Å². The lowest BCUT2D eigenvalue weighted by Crippen LogP contribution is -2.47. The fraction of sp³-hybridized carbons (Fsp3) is 0.500. The summed E-state index contributed by atoms with van der Waals surface area (Å²) in [5, 5.41) is 9.74. The van der Waals surface area contributed by atoms with E-state index >= 15 is 0 Å². The van der Waals surface area contributed by atoms with Crippen LogP contribution in [0, 0.1) is 11.3 Å². The van der Waals surface area contributed by atoms with E-state index in [0.717, 1.165) is 50.4 Å². The number of unbranched alkanes of at least 4 members (excludes halogenated alkanes) is 1. The molecule has 9 nitrogen and oxygen atoms in total. The highest BCUT2D eigenvalue weighted by Gasteiger charge is 2.26. The Morgan fingerprint density at radius 1 is 1.09 bits per heavy atom. The van der Waals surface area contributed by atoms with E-state index in [-0.39, 0.29) is 11.6 Å². The van der Waals surface area contributed by atoms with Gasteiger partial charge in [-0.3, -0.25) is 24.1 Å². The largest absolute Gasteiger partial charge is 0.330 e. The molecule has 3 aromatic rings. The molecule has 1 fully saturated rings. The van der Waals surface area contributed by atoms with Crippen molar-refractivity contribution in [2.24, 2.45) is 0 Å². The zero-order valence-corrected chi connectivity index (χ0v) is 19.3. The Morgan fingerprint density at radius 3 is 2.45 bits per heavy atom. The van der Waals surface area contributed by atoms with E-state index in [1.165, 1.54) is 0 Å². The summed E-state index contributed by atoms with van der Waals surface area (Å²) >= 11 is 0. The molecule has 0 amide bonds. The van der Waals surface area contributed by atoms with Crippen LogP contribution in [0.2, 0.25) is 0 Å². The molecule has 174 valence electrons. The van der Waals surface area contributed by atoms with Crippen molar-refractivity contribution in [3.63, 3.8) is 0 Å². The maximum absolute atomic E-state index is 12.6. The van der Waals surface area contributed by atoms with Crippen LogP contribution in [-0.4, -0.2) is 55.1 Å². The topological polar surface area (TPSA) is 103 Å². The molecule has 0 radical (unpaired) electrons. The van der Waals surface area contributed by atoms with Crippen LogP contribution in [0.5, 0.6) is 0 Å². The number of imidazole rings is 1. The Morgan fingerprint density at radius 2 is 1.82 bits per heavy atom. The average molecular weight is 450 g/mol. The summed E-state index contributed by atoms with van der Waals surface area (Å²) in [6, 6.07) is 12.1. The van der Waals surface area contributed by atoms with Gasteiger partial charge in [0, 0.05) is 39.3 Å². The first-order valence-corrected chi connectivity index (χ1v) is 11.7. The van der Waals surface area contributed by atoms with E-state index in [1.54, 1.807) is 4.57 Å². The van der Waals surface area contributed by atoms with Gasteiger partial charge in [-0.1, -0.05) is 43.7 Å². The molecule has 1 unspecified atom stereocenters. The number of H-pyrrole nitrogens is 1. The second-order valence-electron chi connectivity index (χ2n) is 8.46. The zero-order chi connectivity index (χ0) is 23.4.